The topological polar surface area (TPSA) is 42.1 Å². The highest BCUT2D eigenvalue weighted by atomic mass is 19.2. The van der Waals surface area contributed by atoms with Crippen molar-refractivity contribution in [2.45, 2.75) is 6.92 Å². The van der Waals surface area contributed by atoms with Crippen LogP contribution in [0.5, 0.6) is 0 Å². The molecular formula is C8H8BF2NO2. The number of carbonyl (C=O) groups excluding carboxylic acids is 1. The highest BCUT2D eigenvalue weighted by Gasteiger charge is 2.20. The summed E-state index contributed by atoms with van der Waals surface area (Å²) in [6.45, 7) is 1.26. The van der Waals surface area contributed by atoms with E-state index < -0.39 is 7.47 Å². The SMILES string of the molecule is CC(=O)/C=C(\OB(F)F)c1ccc[nH]1. The third-order valence-electron chi connectivity index (χ3n) is 1.41. The van der Waals surface area contributed by atoms with Crippen LogP contribution in [0.2, 0.25) is 0 Å². The van der Waals surface area contributed by atoms with E-state index >= 15 is 0 Å². The molecule has 0 aliphatic heterocycles. The van der Waals surface area contributed by atoms with Gasteiger partial charge in [-0.2, -0.15) is 0 Å². The number of aromatic amines is 1. The van der Waals surface area contributed by atoms with E-state index in [1.54, 1.807) is 12.3 Å². The number of ketones is 1. The highest BCUT2D eigenvalue weighted by Crippen LogP contribution is 2.15. The predicted molar refractivity (Wildman–Crippen MR) is 48.5 cm³/mol. The maximum absolute atomic E-state index is 11.9. The minimum absolute atomic E-state index is 0.155. The van der Waals surface area contributed by atoms with Crippen LogP contribution in [0.1, 0.15) is 12.6 Å². The van der Waals surface area contributed by atoms with Gasteiger partial charge in [-0.25, -0.2) is 8.63 Å². The van der Waals surface area contributed by atoms with Gasteiger partial charge in [0.25, 0.3) is 0 Å². The molecule has 0 aliphatic carbocycles. The molecule has 1 N–H and O–H groups in total. The molecule has 1 aromatic heterocycles. The Balaban J connectivity index is 2.88. The van der Waals surface area contributed by atoms with E-state index in [1.807, 2.05) is 0 Å². The minimum Gasteiger partial charge on any atom is -0.503 e. The summed E-state index contributed by atoms with van der Waals surface area (Å²) in [6, 6.07) is 3.16. The molecule has 0 saturated carbocycles. The van der Waals surface area contributed by atoms with Gasteiger partial charge in [0.05, 0.1) is 5.69 Å². The summed E-state index contributed by atoms with van der Waals surface area (Å²) in [6.07, 6.45) is 2.57. The molecule has 1 heterocycles. The average molecular weight is 199 g/mol. The monoisotopic (exact) mass is 199 g/mol. The third kappa shape index (κ3) is 3.04. The molecule has 6 heteroatoms. The summed E-state index contributed by atoms with van der Waals surface area (Å²) in [5.41, 5.74) is 0.348. The summed E-state index contributed by atoms with van der Waals surface area (Å²) < 4.78 is 28.1. The number of hydrogen-bond acceptors (Lipinski definition) is 2. The number of nitrogens with one attached hydrogen (secondary N) is 1. The molecule has 1 rings (SSSR count). The first-order valence-electron chi connectivity index (χ1n) is 3.90. The smallest absolute Gasteiger partial charge is 0.503 e. The van der Waals surface area contributed by atoms with Gasteiger partial charge in [-0.15, -0.1) is 0 Å². The van der Waals surface area contributed by atoms with Crippen molar-refractivity contribution in [2.75, 3.05) is 0 Å². The molecule has 0 aromatic carbocycles. The zero-order valence-corrected chi connectivity index (χ0v) is 7.46. The van der Waals surface area contributed by atoms with Gasteiger partial charge in [-0.1, -0.05) is 0 Å². The van der Waals surface area contributed by atoms with E-state index in [4.69, 9.17) is 0 Å². The zero-order chi connectivity index (χ0) is 10.6. The van der Waals surface area contributed by atoms with Crippen LogP contribution in [0.3, 0.4) is 0 Å². The second-order valence-corrected chi connectivity index (χ2v) is 2.58. The summed E-state index contributed by atoms with van der Waals surface area (Å²) in [5.74, 6) is -0.507. The Bertz CT molecular complexity index is 335. The van der Waals surface area contributed by atoms with Gasteiger partial charge < -0.3 is 9.64 Å². The molecule has 0 amide bonds. The maximum Gasteiger partial charge on any atom is 0.796 e. The lowest BCUT2D eigenvalue weighted by atomic mass is 10.2. The zero-order valence-electron chi connectivity index (χ0n) is 7.46. The number of halogens is 2. The first-order valence-corrected chi connectivity index (χ1v) is 3.90. The second kappa shape index (κ2) is 4.60. The van der Waals surface area contributed by atoms with E-state index in [-0.39, 0.29) is 11.5 Å². The van der Waals surface area contributed by atoms with Crippen LogP contribution in [0.4, 0.5) is 8.63 Å². The van der Waals surface area contributed by atoms with E-state index in [0.29, 0.717) is 5.69 Å². The maximum atomic E-state index is 11.9. The lowest BCUT2D eigenvalue weighted by Gasteiger charge is -2.04. The molecular weight excluding hydrogens is 191 g/mol. The molecule has 3 nitrogen and oxygen atoms in total. The molecule has 0 bridgehead atoms. The summed E-state index contributed by atoms with van der Waals surface area (Å²) >= 11 is 0. The quantitative estimate of drug-likeness (QED) is 0.457. The molecule has 0 aliphatic rings. The first-order chi connectivity index (χ1) is 6.59. The van der Waals surface area contributed by atoms with Crippen LogP contribution in [0.25, 0.3) is 5.76 Å². The Morgan fingerprint density at radius 3 is 2.79 bits per heavy atom. The van der Waals surface area contributed by atoms with Crippen molar-refractivity contribution >= 4 is 19.0 Å². The van der Waals surface area contributed by atoms with Crippen LogP contribution in [-0.2, 0) is 9.45 Å². The van der Waals surface area contributed by atoms with Crippen molar-refractivity contribution < 1.29 is 18.1 Å². The lowest BCUT2D eigenvalue weighted by Crippen LogP contribution is -2.05. The summed E-state index contributed by atoms with van der Waals surface area (Å²) in [7, 11) is -2.94. The largest absolute Gasteiger partial charge is 0.796 e. The number of allylic oxidation sites excluding steroid dienone is 1. The Labute approximate surface area is 80.0 Å². The molecule has 14 heavy (non-hydrogen) atoms. The van der Waals surface area contributed by atoms with Crippen molar-refractivity contribution in [1.29, 1.82) is 0 Å². The molecule has 1 aromatic rings. The number of rotatable bonds is 4. The Morgan fingerprint density at radius 1 is 1.64 bits per heavy atom. The standard InChI is InChI=1S/C8H8BF2NO2/c1-6(13)5-8(14-9(10)11)7-3-2-4-12-7/h2-5,12H,1H3/b8-5-. The molecule has 0 unspecified atom stereocenters. The lowest BCUT2D eigenvalue weighted by molar-refractivity contribution is -0.112. The van der Waals surface area contributed by atoms with Crippen LogP contribution in [0.15, 0.2) is 24.4 Å². The fourth-order valence-electron chi connectivity index (χ4n) is 0.939. The van der Waals surface area contributed by atoms with Gasteiger partial charge >= 0.3 is 7.47 Å². The van der Waals surface area contributed by atoms with Crippen molar-refractivity contribution in [3.05, 3.63) is 30.1 Å². The predicted octanol–water partition coefficient (Wildman–Crippen LogP) is 1.89. The highest BCUT2D eigenvalue weighted by molar-refractivity contribution is 6.36. The van der Waals surface area contributed by atoms with E-state index in [2.05, 4.69) is 9.64 Å². The van der Waals surface area contributed by atoms with Gasteiger partial charge in [-0.3, -0.25) is 4.79 Å². The fraction of sp³-hybridized carbons (Fsp3) is 0.125. The van der Waals surface area contributed by atoms with Crippen LogP contribution in [-0.4, -0.2) is 18.2 Å². The van der Waals surface area contributed by atoms with Gasteiger partial charge in [-0.05, 0) is 19.1 Å². The van der Waals surface area contributed by atoms with Gasteiger partial charge in [0.1, 0.15) is 5.76 Å². The van der Waals surface area contributed by atoms with E-state index in [1.165, 1.54) is 13.0 Å². The number of aromatic nitrogens is 1. The van der Waals surface area contributed by atoms with Crippen LogP contribution >= 0.6 is 0 Å². The van der Waals surface area contributed by atoms with E-state index in [0.717, 1.165) is 6.08 Å². The average Bonchev–Trinajstić information content (AvgIpc) is 2.52. The van der Waals surface area contributed by atoms with Crippen molar-refractivity contribution in [3.8, 4) is 0 Å². The summed E-state index contributed by atoms with van der Waals surface area (Å²) in [5, 5.41) is 0. The van der Waals surface area contributed by atoms with E-state index in [9.17, 15) is 13.4 Å². The van der Waals surface area contributed by atoms with Crippen LogP contribution < -0.4 is 0 Å². The molecule has 0 radical (unpaired) electrons. The van der Waals surface area contributed by atoms with Crippen molar-refractivity contribution in [3.63, 3.8) is 0 Å². The number of carbonyl (C=O) groups is 1. The normalized spacial score (nSPS) is 11.2. The van der Waals surface area contributed by atoms with Crippen LogP contribution in [0, 0.1) is 0 Å². The van der Waals surface area contributed by atoms with Gasteiger partial charge in [0.15, 0.2) is 5.78 Å². The van der Waals surface area contributed by atoms with Crippen molar-refractivity contribution in [2.24, 2.45) is 0 Å². The Kier molecular flexibility index (Phi) is 3.44. The molecule has 0 atom stereocenters. The third-order valence-corrected chi connectivity index (χ3v) is 1.41. The van der Waals surface area contributed by atoms with Gasteiger partial charge in [0, 0.05) is 12.3 Å². The molecule has 0 spiro atoms. The number of hydrogen-bond donors (Lipinski definition) is 1. The van der Waals surface area contributed by atoms with Gasteiger partial charge in [0.2, 0.25) is 0 Å². The second-order valence-electron chi connectivity index (χ2n) is 2.58. The van der Waals surface area contributed by atoms with Crippen molar-refractivity contribution in [1.82, 2.24) is 4.98 Å². The summed E-state index contributed by atoms with van der Waals surface area (Å²) in [4.78, 5) is 13.4. The Morgan fingerprint density at radius 2 is 2.36 bits per heavy atom. The minimum atomic E-state index is -2.94. The Hall–Kier alpha value is -1.59. The molecule has 0 saturated heterocycles. The first kappa shape index (κ1) is 10.5. The molecule has 74 valence electrons. The molecule has 0 fully saturated rings. The number of H-pyrrole nitrogens is 1. The fourth-order valence-corrected chi connectivity index (χ4v) is 0.939.